The third-order valence-electron chi connectivity index (χ3n) is 6.60. The van der Waals surface area contributed by atoms with Gasteiger partial charge < -0.3 is 14.9 Å². The smallest absolute Gasteiger partial charge is 0.416 e. The number of halogens is 9. The summed E-state index contributed by atoms with van der Waals surface area (Å²) in [6.45, 7) is 1.49. The minimum atomic E-state index is -5.08. The first-order valence-corrected chi connectivity index (χ1v) is 13.1. The molecule has 15 heteroatoms. The van der Waals surface area contributed by atoms with Gasteiger partial charge in [-0.25, -0.2) is 0 Å². The molecule has 0 atom stereocenters. The average Bonchev–Trinajstić information content (AvgIpc) is 3.33. The molecule has 3 aromatic rings. The van der Waals surface area contributed by atoms with E-state index in [0.29, 0.717) is 43.8 Å². The van der Waals surface area contributed by atoms with Crippen LogP contribution in [0.4, 0.5) is 51.0 Å². The number of benzene rings is 2. The summed E-state index contributed by atoms with van der Waals surface area (Å²) in [5.74, 6) is -0.881. The van der Waals surface area contributed by atoms with Gasteiger partial charge in [-0.2, -0.15) is 44.6 Å². The quantitative estimate of drug-likeness (QED) is 0.165. The fourth-order valence-corrected chi connectivity index (χ4v) is 4.55. The molecule has 0 saturated carbocycles. The van der Waals surface area contributed by atoms with Crippen molar-refractivity contribution in [2.45, 2.75) is 57.8 Å². The topological polar surface area (TPSA) is 61.6 Å². The van der Waals surface area contributed by atoms with Gasteiger partial charge in [0.25, 0.3) is 0 Å². The molecule has 0 unspecified atom stereocenters. The molecule has 43 heavy (non-hydrogen) atoms. The molecule has 0 aliphatic heterocycles. The number of unbranched alkanes of at least 4 members (excludes halogenated alkanes) is 1. The van der Waals surface area contributed by atoms with Crippen LogP contribution in [0.15, 0.2) is 48.7 Å². The highest BCUT2D eigenvalue weighted by Crippen LogP contribution is 2.38. The molecule has 236 valence electrons. The third-order valence-corrected chi connectivity index (χ3v) is 6.60. The number of carboxylic acid groups (broad SMARTS) is 1. The minimum absolute atomic E-state index is 0.00298. The number of carboxylic acids is 1. The summed E-state index contributed by atoms with van der Waals surface area (Å²) in [4.78, 5) is 13.9. The largest absolute Gasteiger partial charge is 0.481 e. The summed E-state index contributed by atoms with van der Waals surface area (Å²) in [7, 11) is 1.53. The van der Waals surface area contributed by atoms with Crippen LogP contribution in [-0.4, -0.2) is 33.9 Å². The molecule has 1 N–H and O–H groups in total. The number of anilines is 2. The molecule has 0 saturated heterocycles. The van der Waals surface area contributed by atoms with Crippen molar-refractivity contribution in [1.29, 1.82) is 0 Å². The van der Waals surface area contributed by atoms with Gasteiger partial charge in [-0.15, -0.1) is 0 Å². The molecule has 3 rings (SSSR count). The van der Waals surface area contributed by atoms with E-state index >= 15 is 0 Å². The van der Waals surface area contributed by atoms with Gasteiger partial charge in [0.15, 0.2) is 5.82 Å². The number of nitrogens with zero attached hydrogens (tertiary/aromatic N) is 4. The summed E-state index contributed by atoms with van der Waals surface area (Å²) in [5, 5.41) is 13.1. The van der Waals surface area contributed by atoms with Crippen molar-refractivity contribution < 1.29 is 49.4 Å². The highest BCUT2D eigenvalue weighted by molar-refractivity contribution is 5.66. The zero-order valence-corrected chi connectivity index (χ0v) is 23.1. The molecule has 0 spiro atoms. The maximum atomic E-state index is 13.7. The van der Waals surface area contributed by atoms with Crippen LogP contribution in [0.2, 0.25) is 0 Å². The maximum Gasteiger partial charge on any atom is 0.416 e. The van der Waals surface area contributed by atoms with Crippen molar-refractivity contribution in [3.63, 3.8) is 0 Å². The first kappa shape index (κ1) is 33.6. The number of aliphatic carboxylic acids is 1. The van der Waals surface area contributed by atoms with Crippen molar-refractivity contribution in [2.75, 3.05) is 22.9 Å². The number of hydrogen-bond donors (Lipinski definition) is 1. The van der Waals surface area contributed by atoms with Crippen molar-refractivity contribution in [1.82, 2.24) is 9.78 Å². The standard InChI is InChI=1S/C28H29F9N4O2/c1-3-40(10-5-4-6-25(42)43)23-8-7-20(26(29,30)31)14-19(23)17-41(24-9-11-39(2)38-24)16-18-12-21(27(32,33)34)15-22(13-18)28(35,36)37/h7-9,11-15H,3-6,10,16-17H2,1-2H3,(H,42,43). The molecule has 1 aromatic heterocycles. The Morgan fingerprint density at radius 2 is 1.42 bits per heavy atom. The number of aryl methyl sites for hydroxylation is 1. The SMILES string of the molecule is CCN(CCCCC(=O)O)c1ccc(C(F)(F)F)cc1CN(Cc1cc(C(F)(F)F)cc(C(F)(F)F)c1)c1ccn(C)n1. The van der Waals surface area contributed by atoms with Crippen LogP contribution in [0.5, 0.6) is 0 Å². The lowest BCUT2D eigenvalue weighted by Gasteiger charge is -2.30. The van der Waals surface area contributed by atoms with E-state index in [1.54, 1.807) is 11.8 Å². The van der Waals surface area contributed by atoms with E-state index in [4.69, 9.17) is 5.11 Å². The molecular weight excluding hydrogens is 595 g/mol. The predicted molar refractivity (Wildman–Crippen MR) is 140 cm³/mol. The first-order chi connectivity index (χ1) is 19.9. The first-order valence-electron chi connectivity index (χ1n) is 13.1. The van der Waals surface area contributed by atoms with Crippen LogP contribution < -0.4 is 9.80 Å². The Labute approximate surface area is 241 Å². The zero-order chi connectivity index (χ0) is 32.2. The van der Waals surface area contributed by atoms with Crippen LogP contribution in [0.25, 0.3) is 0 Å². The van der Waals surface area contributed by atoms with Gasteiger partial charge in [0.2, 0.25) is 0 Å². The zero-order valence-electron chi connectivity index (χ0n) is 23.1. The van der Waals surface area contributed by atoms with E-state index in [-0.39, 0.29) is 36.0 Å². The number of rotatable bonds is 12. The molecule has 0 fully saturated rings. The molecule has 0 amide bonds. The minimum Gasteiger partial charge on any atom is -0.481 e. The van der Waals surface area contributed by atoms with Gasteiger partial charge in [0.05, 0.1) is 16.7 Å². The second-order valence-electron chi connectivity index (χ2n) is 9.89. The second kappa shape index (κ2) is 13.2. The van der Waals surface area contributed by atoms with E-state index in [2.05, 4.69) is 5.10 Å². The summed E-state index contributed by atoms with van der Waals surface area (Å²) in [6, 6.07) is 5.60. The Hall–Kier alpha value is -3.91. The van der Waals surface area contributed by atoms with Crippen LogP contribution in [0.3, 0.4) is 0 Å². The molecular formula is C28H29F9N4O2. The molecule has 6 nitrogen and oxygen atoms in total. The van der Waals surface area contributed by atoms with E-state index in [1.165, 1.54) is 35.0 Å². The fourth-order valence-electron chi connectivity index (χ4n) is 4.55. The Morgan fingerprint density at radius 3 is 1.91 bits per heavy atom. The summed E-state index contributed by atoms with van der Waals surface area (Å²) >= 11 is 0. The highest BCUT2D eigenvalue weighted by Gasteiger charge is 2.37. The van der Waals surface area contributed by atoms with Crippen LogP contribution in [0, 0.1) is 0 Å². The number of alkyl halides is 9. The normalized spacial score (nSPS) is 12.4. The number of carbonyl (C=O) groups is 1. The van der Waals surface area contributed by atoms with E-state index < -0.39 is 47.7 Å². The Morgan fingerprint density at radius 1 is 0.814 bits per heavy atom. The highest BCUT2D eigenvalue weighted by atomic mass is 19.4. The molecule has 0 radical (unpaired) electrons. The lowest BCUT2D eigenvalue weighted by atomic mass is 10.0. The maximum absolute atomic E-state index is 13.7. The average molecular weight is 625 g/mol. The van der Waals surface area contributed by atoms with E-state index in [9.17, 15) is 44.3 Å². The Kier molecular flexibility index (Phi) is 10.3. The Bertz CT molecular complexity index is 1370. The fraction of sp³-hybridized carbons (Fsp3) is 0.429. The summed E-state index contributed by atoms with van der Waals surface area (Å²) in [6.07, 6.45) is -12.8. The molecule has 1 heterocycles. The lowest BCUT2D eigenvalue weighted by molar-refractivity contribution is -0.143. The predicted octanol–water partition coefficient (Wildman–Crippen LogP) is 7.76. The van der Waals surface area contributed by atoms with Gasteiger partial charge >= 0.3 is 24.5 Å². The van der Waals surface area contributed by atoms with Crippen LogP contribution >= 0.6 is 0 Å². The Balaban J connectivity index is 2.09. The molecule has 0 bridgehead atoms. The number of hydrogen-bond acceptors (Lipinski definition) is 4. The van der Waals surface area contributed by atoms with Gasteiger partial charge in [-0.3, -0.25) is 9.48 Å². The van der Waals surface area contributed by atoms with E-state index in [0.717, 1.165) is 12.1 Å². The van der Waals surface area contributed by atoms with Gasteiger partial charge in [-0.1, -0.05) is 0 Å². The lowest BCUT2D eigenvalue weighted by Crippen LogP contribution is -2.29. The van der Waals surface area contributed by atoms with Crippen LogP contribution in [0.1, 0.15) is 54.0 Å². The van der Waals surface area contributed by atoms with Crippen molar-refractivity contribution in [2.24, 2.45) is 7.05 Å². The van der Waals surface area contributed by atoms with Gasteiger partial charge in [0, 0.05) is 57.6 Å². The monoisotopic (exact) mass is 624 g/mol. The number of aromatic nitrogens is 2. The van der Waals surface area contributed by atoms with Crippen molar-refractivity contribution in [3.05, 3.63) is 76.5 Å². The van der Waals surface area contributed by atoms with Crippen molar-refractivity contribution in [3.8, 4) is 0 Å². The molecule has 0 aliphatic carbocycles. The molecule has 0 aliphatic rings. The van der Waals surface area contributed by atoms with E-state index in [1.807, 2.05) is 0 Å². The third kappa shape index (κ3) is 9.29. The van der Waals surface area contributed by atoms with Gasteiger partial charge in [-0.05, 0) is 67.3 Å². The second-order valence-corrected chi connectivity index (χ2v) is 9.89. The molecule has 2 aromatic carbocycles. The summed E-state index contributed by atoms with van der Waals surface area (Å²) in [5.41, 5.74) is -3.95. The van der Waals surface area contributed by atoms with Crippen LogP contribution in [-0.2, 0) is 43.5 Å². The van der Waals surface area contributed by atoms with Gasteiger partial charge in [0.1, 0.15) is 0 Å². The van der Waals surface area contributed by atoms with Crippen molar-refractivity contribution >= 4 is 17.5 Å². The summed E-state index contributed by atoms with van der Waals surface area (Å²) < 4.78 is 124.